The van der Waals surface area contributed by atoms with Gasteiger partial charge in [0.2, 0.25) is 0 Å². The number of aliphatic carboxylic acids is 1. The smallest absolute Gasteiger partial charge is 0.375 e. The van der Waals surface area contributed by atoms with Gasteiger partial charge in [-0.15, -0.1) is 0 Å². The molecule has 3 saturated carbocycles. The molecule has 0 radical (unpaired) electrons. The second kappa shape index (κ2) is 6.07. The average Bonchev–Trinajstić information content (AvgIpc) is 2.86. The summed E-state index contributed by atoms with van der Waals surface area (Å²) >= 11 is 0. The number of carbonyl (C=O) groups excluding carboxylic acids is 2. The quantitative estimate of drug-likeness (QED) is 0.584. The maximum absolute atomic E-state index is 16.9. The fourth-order valence-electron chi connectivity index (χ4n) is 7.19. The summed E-state index contributed by atoms with van der Waals surface area (Å²) < 4.78 is 32.1. The van der Waals surface area contributed by atoms with Crippen LogP contribution in [-0.4, -0.2) is 56.4 Å². The first-order chi connectivity index (χ1) is 13.7. The third-order valence-electron chi connectivity index (χ3n) is 8.75. The first-order valence-electron chi connectivity index (χ1n) is 10.2. The van der Waals surface area contributed by atoms with Crippen LogP contribution in [0.2, 0.25) is 0 Å². The highest BCUT2D eigenvalue weighted by molar-refractivity contribution is 6.36. The Morgan fingerprint density at radius 1 is 1.20 bits per heavy atom. The zero-order chi connectivity index (χ0) is 22.4. The molecule has 0 aromatic heterocycles. The highest BCUT2D eigenvalue weighted by atomic mass is 19.1. The Bertz CT molecular complexity index is 913. The van der Waals surface area contributed by atoms with Gasteiger partial charge in [-0.3, -0.25) is 9.59 Å². The van der Waals surface area contributed by atoms with Crippen molar-refractivity contribution in [3.05, 3.63) is 23.8 Å². The minimum atomic E-state index is -2.33. The topological polar surface area (TPSA) is 112 Å². The average molecular weight is 424 g/mol. The van der Waals surface area contributed by atoms with E-state index in [1.807, 2.05) is 0 Å². The fourth-order valence-corrected chi connectivity index (χ4v) is 7.19. The highest BCUT2D eigenvalue weighted by Crippen LogP contribution is 2.70. The number of Topliss-reactive ketones (excluding diaryl/α,β-unsaturated/α-hetero) is 1. The predicted octanol–water partition coefficient (Wildman–Crippen LogP) is 1.94. The fraction of sp³-hybridized carbons (Fsp3) is 0.682. The van der Waals surface area contributed by atoms with E-state index in [9.17, 15) is 29.7 Å². The second-order valence-electron chi connectivity index (χ2n) is 9.90. The van der Waals surface area contributed by atoms with Gasteiger partial charge in [0, 0.05) is 16.7 Å². The molecule has 30 heavy (non-hydrogen) atoms. The van der Waals surface area contributed by atoms with E-state index in [0.717, 1.165) is 6.08 Å². The Kier molecular flexibility index (Phi) is 4.31. The van der Waals surface area contributed by atoms with E-state index < -0.39 is 69.7 Å². The summed E-state index contributed by atoms with van der Waals surface area (Å²) in [6, 6.07) is 0. The van der Waals surface area contributed by atoms with Crippen molar-refractivity contribution < 1.29 is 38.5 Å². The lowest BCUT2D eigenvalue weighted by molar-refractivity contribution is -0.223. The number of carbonyl (C=O) groups is 3. The minimum Gasteiger partial charge on any atom is -0.475 e. The van der Waals surface area contributed by atoms with Crippen molar-refractivity contribution in [3.8, 4) is 0 Å². The Labute approximate surface area is 172 Å². The summed E-state index contributed by atoms with van der Waals surface area (Å²) in [7, 11) is 0. The lowest BCUT2D eigenvalue weighted by atomic mass is 9.44. The number of hydrogen-bond acceptors (Lipinski definition) is 5. The van der Waals surface area contributed by atoms with E-state index in [-0.39, 0.29) is 24.8 Å². The van der Waals surface area contributed by atoms with Crippen molar-refractivity contribution in [2.24, 2.45) is 28.6 Å². The van der Waals surface area contributed by atoms with Crippen LogP contribution in [0.5, 0.6) is 0 Å². The molecule has 0 saturated heterocycles. The van der Waals surface area contributed by atoms with E-state index in [4.69, 9.17) is 0 Å². The highest BCUT2D eigenvalue weighted by Gasteiger charge is 2.77. The van der Waals surface area contributed by atoms with E-state index >= 15 is 8.78 Å². The molecule has 0 heterocycles. The SMILES string of the molecule is C[C@@H]1C[C@H]2[C@@H]3C[C@H](F)C4=CC(=O)C=C[C@]4(C)[C@@]3(F)[C@@H](O)C[C@]2(C)[C@@]1(O)C(=O)C(=O)O. The van der Waals surface area contributed by atoms with Gasteiger partial charge in [0.1, 0.15) is 11.8 Å². The minimum absolute atomic E-state index is 0.0145. The number of aliphatic hydroxyl groups is 2. The van der Waals surface area contributed by atoms with Crippen LogP contribution >= 0.6 is 0 Å². The van der Waals surface area contributed by atoms with Gasteiger partial charge >= 0.3 is 5.97 Å². The third kappa shape index (κ3) is 2.16. The summed E-state index contributed by atoms with van der Waals surface area (Å²) in [4.78, 5) is 35.8. The molecule has 164 valence electrons. The normalized spacial score (nSPS) is 52.2. The van der Waals surface area contributed by atoms with E-state index in [0.29, 0.717) is 0 Å². The summed E-state index contributed by atoms with van der Waals surface area (Å²) in [6.45, 7) is 4.48. The number of alkyl halides is 2. The summed E-state index contributed by atoms with van der Waals surface area (Å²) in [5.74, 6) is -6.23. The van der Waals surface area contributed by atoms with Crippen molar-refractivity contribution in [2.75, 3.05) is 0 Å². The molecule has 3 fully saturated rings. The number of rotatable bonds is 2. The maximum Gasteiger partial charge on any atom is 0.375 e. The molecule has 0 aliphatic heterocycles. The molecule has 8 heteroatoms. The first-order valence-corrected chi connectivity index (χ1v) is 10.2. The molecule has 0 bridgehead atoms. The van der Waals surface area contributed by atoms with Gasteiger partial charge in [0.25, 0.3) is 5.78 Å². The molecule has 0 spiro atoms. The van der Waals surface area contributed by atoms with Gasteiger partial charge < -0.3 is 15.3 Å². The van der Waals surface area contributed by atoms with Gasteiger partial charge in [-0.25, -0.2) is 13.6 Å². The van der Waals surface area contributed by atoms with Gasteiger partial charge in [-0.05, 0) is 55.7 Å². The maximum atomic E-state index is 16.9. The second-order valence-corrected chi connectivity index (χ2v) is 9.90. The van der Waals surface area contributed by atoms with E-state index in [1.165, 1.54) is 32.9 Å². The molecular formula is C22H26F2O6. The number of fused-ring (bicyclic) bond motifs is 5. The van der Waals surface area contributed by atoms with Gasteiger partial charge in [-0.2, -0.15) is 0 Å². The number of ketones is 2. The zero-order valence-corrected chi connectivity index (χ0v) is 17.1. The Morgan fingerprint density at radius 2 is 1.83 bits per heavy atom. The van der Waals surface area contributed by atoms with Crippen LogP contribution in [0, 0.1) is 28.6 Å². The van der Waals surface area contributed by atoms with Crippen LogP contribution in [0.1, 0.15) is 40.0 Å². The van der Waals surface area contributed by atoms with Gasteiger partial charge in [0.15, 0.2) is 11.5 Å². The molecule has 4 rings (SSSR count). The molecule has 0 amide bonds. The number of carboxylic acid groups (broad SMARTS) is 1. The standard InChI is InChI=1S/C22H26F2O6/c1-10-6-12-13-8-15(23)14-7-11(25)4-5-19(14,2)21(13,24)16(26)9-20(12,3)22(10,30)17(27)18(28)29/h4-5,7,10,12-13,15-16,26,30H,6,8-9H2,1-3H3,(H,28,29)/t10-,12+,13+,15+,16+,19+,20+,21+,22+/m1/s1. The monoisotopic (exact) mass is 424 g/mol. The van der Waals surface area contributed by atoms with Crippen LogP contribution in [0.4, 0.5) is 8.78 Å². The molecule has 3 N–H and O–H groups in total. The Morgan fingerprint density at radius 3 is 2.43 bits per heavy atom. The molecule has 0 aromatic carbocycles. The number of hydrogen-bond donors (Lipinski definition) is 3. The lowest BCUT2D eigenvalue weighted by Gasteiger charge is -2.62. The first kappa shape index (κ1) is 21.3. The molecular weight excluding hydrogens is 398 g/mol. The molecule has 9 atom stereocenters. The van der Waals surface area contributed by atoms with Crippen LogP contribution < -0.4 is 0 Å². The van der Waals surface area contributed by atoms with E-state index in [1.54, 1.807) is 0 Å². The van der Waals surface area contributed by atoms with Gasteiger partial charge in [0.05, 0.1) is 6.10 Å². The summed E-state index contributed by atoms with van der Waals surface area (Å²) in [5, 5.41) is 31.7. The molecule has 4 aliphatic carbocycles. The van der Waals surface area contributed by atoms with Crippen LogP contribution in [0.3, 0.4) is 0 Å². The van der Waals surface area contributed by atoms with Crippen molar-refractivity contribution in [3.63, 3.8) is 0 Å². The van der Waals surface area contributed by atoms with Gasteiger partial charge in [-0.1, -0.05) is 19.9 Å². The third-order valence-corrected chi connectivity index (χ3v) is 8.75. The van der Waals surface area contributed by atoms with Crippen molar-refractivity contribution in [1.82, 2.24) is 0 Å². The van der Waals surface area contributed by atoms with E-state index in [2.05, 4.69) is 0 Å². The number of halogens is 2. The number of aliphatic hydroxyl groups excluding tert-OH is 1. The lowest BCUT2D eigenvalue weighted by Crippen LogP contribution is -2.70. The van der Waals surface area contributed by atoms with Crippen LogP contribution in [-0.2, 0) is 14.4 Å². The molecule has 0 aromatic rings. The van der Waals surface area contributed by atoms with Crippen molar-refractivity contribution >= 4 is 17.5 Å². The summed E-state index contributed by atoms with van der Waals surface area (Å²) in [5.41, 5.74) is -7.65. The van der Waals surface area contributed by atoms with Crippen LogP contribution in [0.25, 0.3) is 0 Å². The number of allylic oxidation sites excluding steroid dienone is 4. The van der Waals surface area contributed by atoms with Crippen molar-refractivity contribution in [1.29, 1.82) is 0 Å². The molecule has 0 unspecified atom stereocenters. The zero-order valence-electron chi connectivity index (χ0n) is 17.1. The Balaban J connectivity index is 1.87. The Hall–Kier alpha value is -1.93. The predicted molar refractivity (Wildman–Crippen MR) is 101 cm³/mol. The van der Waals surface area contributed by atoms with Crippen molar-refractivity contribution in [2.45, 2.75) is 63.6 Å². The molecule has 4 aliphatic rings. The largest absolute Gasteiger partial charge is 0.475 e. The molecule has 6 nitrogen and oxygen atoms in total. The number of carboxylic acids is 1. The summed E-state index contributed by atoms with van der Waals surface area (Å²) in [6.07, 6.45) is -0.312. The van der Waals surface area contributed by atoms with Crippen LogP contribution in [0.15, 0.2) is 23.8 Å².